The first-order chi connectivity index (χ1) is 22.0. The van der Waals surface area contributed by atoms with E-state index in [0.29, 0.717) is 48.8 Å². The average Bonchev–Trinajstić information content (AvgIpc) is 3.37. The van der Waals surface area contributed by atoms with Gasteiger partial charge in [-0.25, -0.2) is 9.18 Å². The Bertz CT molecular complexity index is 1530. The first-order valence-electron chi connectivity index (χ1n) is 14.2. The number of benzene rings is 2. The maximum Gasteiger partial charge on any atom is 0.419 e. The van der Waals surface area contributed by atoms with Crippen LogP contribution in [0.15, 0.2) is 42.5 Å². The predicted molar refractivity (Wildman–Crippen MR) is 173 cm³/mol. The van der Waals surface area contributed by atoms with Gasteiger partial charge in [-0.2, -0.15) is 14.7 Å². The van der Waals surface area contributed by atoms with Gasteiger partial charge in [0.1, 0.15) is 11.9 Å². The van der Waals surface area contributed by atoms with Crippen LogP contribution in [0, 0.1) is 5.82 Å². The Morgan fingerprint density at radius 2 is 1.79 bits per heavy atom. The molecule has 20 heteroatoms. The van der Waals surface area contributed by atoms with Crippen LogP contribution in [0.2, 0.25) is 0 Å². The van der Waals surface area contributed by atoms with Gasteiger partial charge in [0.25, 0.3) is 16.5 Å². The zero-order valence-electron chi connectivity index (χ0n) is 25.1. The van der Waals surface area contributed by atoms with Gasteiger partial charge in [0.15, 0.2) is 6.61 Å². The van der Waals surface area contributed by atoms with Crippen molar-refractivity contribution in [2.75, 3.05) is 61.0 Å². The number of cyclic esters (lactones) is 1. The minimum Gasteiger partial charge on any atom is -0.461 e. The number of ether oxygens (including phenoxy) is 2. The largest absolute Gasteiger partial charge is 0.461 e. The molecule has 0 aliphatic carbocycles. The Balaban J connectivity index is 1.22. The molecule has 2 aliphatic rings. The maximum absolute atomic E-state index is 15.1. The van der Waals surface area contributed by atoms with Crippen molar-refractivity contribution >= 4 is 67.9 Å². The average molecular weight is 719 g/mol. The van der Waals surface area contributed by atoms with Crippen LogP contribution in [0.1, 0.15) is 12.5 Å². The number of carbonyl (C=O) groups is 3. The second-order valence-electron chi connectivity index (χ2n) is 10.8. The number of hydrogen-bond acceptors (Lipinski definition) is 11. The first-order valence-corrected chi connectivity index (χ1v) is 18.0. The molecule has 1 unspecified atom stereocenters. The van der Waals surface area contributed by atoms with Crippen LogP contribution in [0.5, 0.6) is 0 Å². The normalized spacial score (nSPS) is 17.6. The summed E-state index contributed by atoms with van der Waals surface area (Å²) in [5.41, 5.74) is 1.37. The quantitative estimate of drug-likeness (QED) is 0.128. The number of halogens is 1. The topological polar surface area (TPSA) is 222 Å². The lowest BCUT2D eigenvalue weighted by Crippen LogP contribution is -2.50. The standard InChI is InChI=1S/C27H34FN5O11P2S/c1-17(34)29-14-21-15-33(27(36)44-21)20-6-7-23(22(28)13-20)31-8-10-32(11-9-31)24(35)16-43-26(47)30-19-4-2-18(3-5-19)12-25(45(37,38)39)46(40,41)42/h2-7,13,21,25,37-39H,8-12,14-16H2,1H3,(H3-,29,30,34,40,41,42,47)/p+1/t21-,25?/m0/s1. The van der Waals surface area contributed by atoms with Crippen LogP contribution in [-0.2, 0) is 30.0 Å². The molecule has 7 N–H and O–H groups in total. The van der Waals surface area contributed by atoms with E-state index in [9.17, 15) is 43.4 Å². The van der Waals surface area contributed by atoms with E-state index < -0.39 is 45.4 Å². The summed E-state index contributed by atoms with van der Waals surface area (Å²) < 4.78 is 37.3. The summed E-state index contributed by atoms with van der Waals surface area (Å²) in [5.74, 6) is -1.13. The molecule has 0 spiro atoms. The molecule has 47 heavy (non-hydrogen) atoms. The zero-order valence-corrected chi connectivity index (χ0v) is 27.7. The molecule has 0 saturated carbocycles. The van der Waals surface area contributed by atoms with Gasteiger partial charge in [-0.1, -0.05) is 12.1 Å². The lowest BCUT2D eigenvalue weighted by molar-refractivity contribution is -0.133. The molecule has 256 valence electrons. The molecular weight excluding hydrogens is 683 g/mol. The molecule has 2 heterocycles. The summed E-state index contributed by atoms with van der Waals surface area (Å²) >= 11 is 5.14. The number of thiocarbonyl (C=S) groups is 1. The highest BCUT2D eigenvalue weighted by Crippen LogP contribution is 2.65. The minimum atomic E-state index is -5.00. The Hall–Kier alpha value is -3.47. The van der Waals surface area contributed by atoms with Crippen molar-refractivity contribution in [3.63, 3.8) is 0 Å². The van der Waals surface area contributed by atoms with E-state index in [-0.39, 0.29) is 36.7 Å². The third-order valence-electron chi connectivity index (χ3n) is 7.40. The second-order valence-corrected chi connectivity index (χ2v) is 15.3. The van der Waals surface area contributed by atoms with Crippen molar-refractivity contribution in [3.8, 4) is 0 Å². The predicted octanol–water partition coefficient (Wildman–Crippen LogP) is 1.14. The van der Waals surface area contributed by atoms with Crippen LogP contribution in [0.25, 0.3) is 0 Å². The fourth-order valence-electron chi connectivity index (χ4n) is 4.96. The Morgan fingerprint density at radius 1 is 1.13 bits per heavy atom. The fourth-order valence-corrected chi connectivity index (χ4v) is 7.66. The molecule has 16 nitrogen and oxygen atoms in total. The maximum atomic E-state index is 15.1. The van der Waals surface area contributed by atoms with Gasteiger partial charge >= 0.3 is 21.6 Å². The number of anilines is 3. The van der Waals surface area contributed by atoms with E-state index in [4.69, 9.17) is 21.7 Å². The van der Waals surface area contributed by atoms with E-state index >= 15 is 4.39 Å². The second kappa shape index (κ2) is 15.2. The number of hydrogen-bond donors (Lipinski definition) is 7. The molecule has 0 radical (unpaired) electrons. The van der Waals surface area contributed by atoms with Crippen molar-refractivity contribution in [3.05, 3.63) is 53.8 Å². The fraction of sp³-hybridized carbons (Fsp3) is 0.407. The molecule has 0 bridgehead atoms. The highest BCUT2D eigenvalue weighted by molar-refractivity contribution is 7.80. The summed E-state index contributed by atoms with van der Waals surface area (Å²) in [6, 6.07) is 10.3. The summed E-state index contributed by atoms with van der Waals surface area (Å²) in [6.07, 6.45) is -1.67. The van der Waals surface area contributed by atoms with Crippen molar-refractivity contribution < 1.29 is 57.3 Å². The van der Waals surface area contributed by atoms with Gasteiger partial charge in [-0.05, 0) is 48.1 Å². The minimum absolute atomic E-state index is 0.116. The smallest absolute Gasteiger partial charge is 0.419 e. The SMILES string of the molecule is CC(=O)NC[C@H]1CN(c2ccc(N3CCN(C(=O)COC(=S)Nc4ccc(CC(P(=O)(O)O)[P+](O)(O)O)cc4)CC3)c(F)c2)C(=O)O1. The van der Waals surface area contributed by atoms with Gasteiger partial charge in [0.2, 0.25) is 5.91 Å². The van der Waals surface area contributed by atoms with E-state index in [0.717, 1.165) is 0 Å². The van der Waals surface area contributed by atoms with E-state index in [2.05, 4.69) is 10.6 Å². The Morgan fingerprint density at radius 3 is 2.36 bits per heavy atom. The number of nitrogens with zero attached hydrogens (tertiary/aromatic N) is 3. The van der Waals surface area contributed by atoms with Crippen molar-refractivity contribution in [1.82, 2.24) is 10.2 Å². The van der Waals surface area contributed by atoms with E-state index in [1.54, 1.807) is 21.9 Å². The van der Waals surface area contributed by atoms with Crippen molar-refractivity contribution in [1.29, 1.82) is 0 Å². The number of piperazine rings is 1. The van der Waals surface area contributed by atoms with Gasteiger partial charge in [-0.3, -0.25) is 19.1 Å². The molecule has 2 aromatic carbocycles. The van der Waals surface area contributed by atoms with Crippen molar-refractivity contribution in [2.24, 2.45) is 0 Å². The number of nitrogens with one attached hydrogen (secondary N) is 2. The molecule has 4 rings (SSSR count). The lowest BCUT2D eigenvalue weighted by Gasteiger charge is -2.36. The van der Waals surface area contributed by atoms with E-state index in [1.165, 1.54) is 42.2 Å². The Labute approximate surface area is 274 Å². The molecule has 2 aromatic rings. The molecular formula is C27H35FN5O11P2S+. The van der Waals surface area contributed by atoms with Crippen LogP contribution in [0.4, 0.5) is 26.2 Å². The molecule has 2 saturated heterocycles. The molecule has 2 fully saturated rings. The molecule has 0 aromatic heterocycles. The van der Waals surface area contributed by atoms with Gasteiger partial charge in [-0.15, -0.1) is 0 Å². The van der Waals surface area contributed by atoms with Crippen LogP contribution in [0.3, 0.4) is 0 Å². The van der Waals surface area contributed by atoms with E-state index in [1.807, 2.05) is 0 Å². The number of carbonyl (C=O) groups excluding carboxylic acids is 3. The third kappa shape index (κ3) is 10.0. The number of amides is 3. The first kappa shape index (κ1) is 36.4. The summed E-state index contributed by atoms with van der Waals surface area (Å²) in [7, 11) is -9.81. The summed E-state index contributed by atoms with van der Waals surface area (Å²) in [5, 5.41) is 3.18. The van der Waals surface area contributed by atoms with Gasteiger partial charge in [0, 0.05) is 45.2 Å². The highest BCUT2D eigenvalue weighted by atomic mass is 32.1. The van der Waals surface area contributed by atoms with Crippen LogP contribution < -0.4 is 20.4 Å². The monoisotopic (exact) mass is 718 g/mol. The van der Waals surface area contributed by atoms with Crippen LogP contribution >= 0.6 is 27.8 Å². The molecule has 3 amide bonds. The highest BCUT2D eigenvalue weighted by Gasteiger charge is 2.54. The molecule has 2 aliphatic heterocycles. The lowest BCUT2D eigenvalue weighted by atomic mass is 10.1. The summed E-state index contributed by atoms with van der Waals surface area (Å²) in [4.78, 5) is 87.7. The molecule has 2 atom stereocenters. The van der Waals surface area contributed by atoms with Gasteiger partial charge < -0.3 is 39.7 Å². The zero-order chi connectivity index (χ0) is 34.5. The third-order valence-corrected chi connectivity index (χ3v) is 11.4. The van der Waals surface area contributed by atoms with Crippen LogP contribution in [-0.4, -0.2) is 110 Å². The summed E-state index contributed by atoms with van der Waals surface area (Å²) in [6.45, 7) is 2.59. The van der Waals surface area contributed by atoms with Crippen molar-refractivity contribution in [2.45, 2.75) is 24.8 Å². The van der Waals surface area contributed by atoms with Gasteiger partial charge in [0.05, 0.1) is 24.5 Å². The Kier molecular flexibility index (Phi) is 11.7. The number of rotatable bonds is 11.